The quantitative estimate of drug-likeness (QED) is 0.126. The van der Waals surface area contributed by atoms with Crippen LogP contribution in [0.15, 0.2) is 176 Å². The highest BCUT2D eigenvalue weighted by Gasteiger charge is 2.46. The fourth-order valence-corrected chi connectivity index (χ4v) is 9.73. The molecule has 2 unspecified atom stereocenters. The number of fused-ring (bicyclic) bond motifs is 11. The predicted octanol–water partition coefficient (Wildman–Crippen LogP) is 12.6. The van der Waals surface area contributed by atoms with Crippen LogP contribution in [-0.2, 0) is 6.42 Å². The first-order chi connectivity index (χ1) is 27.6. The van der Waals surface area contributed by atoms with E-state index in [1.54, 1.807) is 0 Å². The molecule has 2 atom stereocenters. The number of nitrogens with zero attached hydrogens (tertiary/aromatic N) is 2. The van der Waals surface area contributed by atoms with Crippen molar-refractivity contribution < 1.29 is 9.13 Å². The van der Waals surface area contributed by atoms with Crippen LogP contribution in [0.5, 0.6) is 0 Å². The van der Waals surface area contributed by atoms with Gasteiger partial charge in [0, 0.05) is 6.07 Å². The first-order valence-electron chi connectivity index (χ1n) is 19.9. The highest BCUT2D eigenvalue weighted by atomic mass is 15.2. The van der Waals surface area contributed by atoms with Crippen LogP contribution in [0.2, 0.25) is 0 Å². The summed E-state index contributed by atoms with van der Waals surface area (Å²) in [5.41, 5.74) is 15.5. The molecule has 2 aliphatic rings. The van der Waals surface area contributed by atoms with Crippen LogP contribution in [0.3, 0.4) is 0 Å². The Bertz CT molecular complexity index is 3070. The van der Waals surface area contributed by atoms with Gasteiger partial charge in [0.05, 0.1) is 21.9 Å². The second-order valence-corrected chi connectivity index (χ2v) is 15.5. The Kier molecular flexibility index (Phi) is 7.60. The molecule has 266 valence electrons. The molecule has 0 bridgehead atoms. The standard InChI is InChI=1S/C54H41N2/c1-35(2)50-34-56-53(47-24-12-10-22-45(47)50)48-25-13-14-26-49(48)54(56)55-32-31-37-16-4-8-21-44(37)52(55)46-23-11-9-18-41(46)40-30-29-38-28-27-36-15-3-6-19-42(36)51(38)43-20-7-5-17-39(43)33-40/h3-28,31-35,54H,1,29-30H2,2H3/q+1. The molecule has 2 aromatic heterocycles. The minimum Gasteiger partial charge on any atom is -0.336 e. The third-order valence-electron chi connectivity index (χ3n) is 12.2. The van der Waals surface area contributed by atoms with Crippen LogP contribution in [-0.4, -0.2) is 0 Å². The highest BCUT2D eigenvalue weighted by Crippen LogP contribution is 2.43. The van der Waals surface area contributed by atoms with Gasteiger partial charge in [-0.3, -0.25) is 0 Å². The maximum atomic E-state index is 4.53. The number of hydrogen-bond donors (Lipinski definition) is 0. The molecule has 56 heavy (non-hydrogen) atoms. The fourth-order valence-electron chi connectivity index (χ4n) is 9.73. The lowest BCUT2D eigenvalue weighted by atomic mass is 9.83. The van der Waals surface area contributed by atoms with Crippen LogP contribution < -0.4 is 9.13 Å². The summed E-state index contributed by atoms with van der Waals surface area (Å²) >= 11 is 0. The van der Waals surface area contributed by atoms with E-state index >= 15 is 0 Å². The first kappa shape index (κ1) is 32.8. The molecule has 0 N–H and O–H groups in total. The Balaban J connectivity index is 1.17. The van der Waals surface area contributed by atoms with Crippen molar-refractivity contribution >= 4 is 44.0 Å². The van der Waals surface area contributed by atoms with Crippen LogP contribution in [0.25, 0.3) is 77.6 Å². The number of benzene rings is 7. The number of rotatable bonds is 4. The smallest absolute Gasteiger partial charge is 0.336 e. The van der Waals surface area contributed by atoms with Gasteiger partial charge in [0.2, 0.25) is 11.4 Å². The minimum atomic E-state index is -0.0943. The van der Waals surface area contributed by atoms with Crippen molar-refractivity contribution in [2.45, 2.75) is 31.8 Å². The highest BCUT2D eigenvalue weighted by molar-refractivity contribution is 6.04. The van der Waals surface area contributed by atoms with Crippen LogP contribution in [0, 0.1) is 6.92 Å². The number of aryl methyl sites for hydroxylation is 1. The number of hydrogen-bond acceptors (Lipinski definition) is 0. The summed E-state index contributed by atoms with van der Waals surface area (Å²) in [6.07, 6.45) is 8.97. The van der Waals surface area contributed by atoms with Crippen LogP contribution in [0.1, 0.15) is 53.2 Å². The molecule has 0 saturated carbocycles. The van der Waals surface area contributed by atoms with Gasteiger partial charge in [-0.05, 0) is 104 Å². The molecule has 2 heteroatoms. The zero-order valence-corrected chi connectivity index (χ0v) is 31.5. The molecule has 7 aromatic carbocycles. The van der Waals surface area contributed by atoms with Gasteiger partial charge in [-0.2, -0.15) is 0 Å². The van der Waals surface area contributed by atoms with Crippen LogP contribution in [0.4, 0.5) is 0 Å². The Morgan fingerprint density at radius 3 is 1.93 bits per heavy atom. The Morgan fingerprint density at radius 2 is 1.12 bits per heavy atom. The summed E-state index contributed by atoms with van der Waals surface area (Å²) in [5.74, 6) is 0.126. The molecule has 0 saturated heterocycles. The van der Waals surface area contributed by atoms with E-state index in [2.05, 4.69) is 205 Å². The topological polar surface area (TPSA) is 7.76 Å². The molecule has 0 radical (unpaired) electrons. The third kappa shape index (κ3) is 5.02. The van der Waals surface area contributed by atoms with Gasteiger partial charge in [-0.25, -0.2) is 0 Å². The lowest BCUT2D eigenvalue weighted by molar-refractivity contribution is -0.920. The van der Waals surface area contributed by atoms with Gasteiger partial charge in [0.15, 0.2) is 12.4 Å². The summed E-state index contributed by atoms with van der Waals surface area (Å²) in [4.78, 5) is 0. The van der Waals surface area contributed by atoms with Crippen molar-refractivity contribution in [2.75, 3.05) is 0 Å². The third-order valence-corrected chi connectivity index (χ3v) is 12.2. The van der Waals surface area contributed by atoms with E-state index in [1.807, 2.05) is 0 Å². The molecule has 11 rings (SSSR count). The Morgan fingerprint density at radius 1 is 0.518 bits per heavy atom. The van der Waals surface area contributed by atoms with Gasteiger partial charge in [-0.15, -0.1) is 15.1 Å². The Hall–Kier alpha value is -6.64. The molecule has 0 spiro atoms. The second kappa shape index (κ2) is 13.0. The SMILES string of the molecule is [CH2-]C(C)c1c[n+]2c(c3ccccc13)-c1ccccc1C2[n+]1ccc2ccccc2c1-c1ccccc1C1=Cc2ccccc2-c2c(ccc3ccccc23)CC1. The van der Waals surface area contributed by atoms with Crippen molar-refractivity contribution in [1.82, 2.24) is 0 Å². The monoisotopic (exact) mass is 717 g/mol. The summed E-state index contributed by atoms with van der Waals surface area (Å²) in [5, 5.41) is 7.62. The normalized spacial score (nSPS) is 15.0. The fraction of sp³-hybridized carbons (Fsp3) is 0.0926. The Labute approximate surface area is 328 Å². The molecule has 0 fully saturated rings. The van der Waals surface area contributed by atoms with Gasteiger partial charge in [-0.1, -0.05) is 140 Å². The number of pyridine rings is 2. The van der Waals surface area contributed by atoms with E-state index in [9.17, 15) is 0 Å². The van der Waals surface area contributed by atoms with E-state index in [-0.39, 0.29) is 12.1 Å². The van der Waals surface area contributed by atoms with Gasteiger partial charge in [0.25, 0.3) is 0 Å². The predicted molar refractivity (Wildman–Crippen MR) is 232 cm³/mol. The summed E-state index contributed by atoms with van der Waals surface area (Å²) in [7, 11) is 0. The van der Waals surface area contributed by atoms with Gasteiger partial charge < -0.3 is 6.92 Å². The molecule has 1 aliphatic heterocycles. The summed E-state index contributed by atoms with van der Waals surface area (Å²) in [6.45, 7) is 6.74. The van der Waals surface area contributed by atoms with E-state index in [1.165, 1.54) is 99.3 Å². The maximum absolute atomic E-state index is 4.53. The molecule has 1 aliphatic carbocycles. The molecule has 0 amide bonds. The maximum Gasteiger partial charge on any atom is 0.381 e. The van der Waals surface area contributed by atoms with E-state index in [0.29, 0.717) is 0 Å². The molecule has 9 aromatic rings. The zero-order chi connectivity index (χ0) is 37.3. The second-order valence-electron chi connectivity index (χ2n) is 15.5. The van der Waals surface area contributed by atoms with E-state index in [0.717, 1.165) is 12.8 Å². The van der Waals surface area contributed by atoms with Gasteiger partial charge >= 0.3 is 6.17 Å². The van der Waals surface area contributed by atoms with Crippen molar-refractivity contribution in [3.05, 3.63) is 211 Å². The lowest BCUT2D eigenvalue weighted by Gasteiger charge is -2.21. The minimum absolute atomic E-state index is 0.0943. The van der Waals surface area contributed by atoms with Crippen LogP contribution >= 0.6 is 0 Å². The van der Waals surface area contributed by atoms with Crippen molar-refractivity contribution in [2.24, 2.45) is 0 Å². The van der Waals surface area contributed by atoms with Crippen molar-refractivity contribution in [3.8, 4) is 33.6 Å². The lowest BCUT2D eigenvalue weighted by Crippen LogP contribution is -2.57. The van der Waals surface area contributed by atoms with Crippen molar-refractivity contribution in [3.63, 3.8) is 0 Å². The van der Waals surface area contributed by atoms with Crippen molar-refractivity contribution in [1.29, 1.82) is 0 Å². The summed E-state index contributed by atoms with van der Waals surface area (Å²) < 4.78 is 5.07. The van der Waals surface area contributed by atoms with E-state index in [4.69, 9.17) is 0 Å². The number of allylic oxidation sites excluding steroid dienone is 1. The van der Waals surface area contributed by atoms with E-state index < -0.39 is 0 Å². The molecule has 2 nitrogen and oxygen atoms in total. The largest absolute Gasteiger partial charge is 0.381 e. The summed E-state index contributed by atoms with van der Waals surface area (Å²) in [6, 6.07) is 60.6. The first-order valence-corrected chi connectivity index (χ1v) is 19.9. The molecular weight excluding hydrogens is 677 g/mol. The number of aromatic nitrogens is 2. The average Bonchev–Trinajstić information content (AvgIpc) is 3.58. The average molecular weight is 718 g/mol. The molecule has 3 heterocycles. The zero-order valence-electron chi connectivity index (χ0n) is 31.5. The molecular formula is C54H41N2+. The van der Waals surface area contributed by atoms with Gasteiger partial charge in [0.1, 0.15) is 5.56 Å².